The van der Waals surface area contributed by atoms with Gasteiger partial charge >= 0.3 is 6.03 Å². The van der Waals surface area contributed by atoms with Crippen molar-refractivity contribution in [3.05, 3.63) is 94.4 Å². The SMILES string of the molecule is O=C1NC(=O)N(c2ccc(Br)cc2)C(=O)/C1=C/c1cc(Br)c(OCc2ccc(Br)cc2)c(I)c1. The normalized spacial score (nSPS) is 15.0. The zero-order valence-corrected chi connectivity index (χ0v) is 24.1. The molecule has 6 nitrogen and oxygen atoms in total. The van der Waals surface area contributed by atoms with Gasteiger partial charge in [-0.05, 0) is 104 Å². The van der Waals surface area contributed by atoms with E-state index in [1.807, 2.05) is 24.3 Å². The van der Waals surface area contributed by atoms with Gasteiger partial charge in [0.1, 0.15) is 17.9 Å². The molecule has 0 atom stereocenters. The smallest absolute Gasteiger partial charge is 0.335 e. The third-order valence-corrected chi connectivity index (χ3v) is 7.26. The molecule has 4 rings (SSSR count). The van der Waals surface area contributed by atoms with Crippen LogP contribution in [0.1, 0.15) is 11.1 Å². The van der Waals surface area contributed by atoms with Crippen LogP contribution < -0.4 is 15.0 Å². The van der Waals surface area contributed by atoms with Crippen LogP contribution >= 0.6 is 70.4 Å². The number of anilines is 1. The van der Waals surface area contributed by atoms with Crippen LogP contribution in [0.25, 0.3) is 6.08 Å². The maximum absolute atomic E-state index is 13.1. The molecular weight excluding hydrogens is 747 g/mol. The molecule has 0 spiro atoms. The van der Waals surface area contributed by atoms with Crippen LogP contribution in [0.3, 0.4) is 0 Å². The fourth-order valence-electron chi connectivity index (χ4n) is 3.19. The summed E-state index contributed by atoms with van der Waals surface area (Å²) in [4.78, 5) is 38.9. The van der Waals surface area contributed by atoms with E-state index >= 15 is 0 Å². The molecule has 1 aliphatic rings. The first-order chi connectivity index (χ1) is 16.2. The molecule has 4 amide bonds. The minimum Gasteiger partial charge on any atom is -0.487 e. The van der Waals surface area contributed by atoms with E-state index in [1.165, 1.54) is 6.08 Å². The Hall–Kier alpha value is -2.02. The Morgan fingerprint density at radius 3 is 2.15 bits per heavy atom. The summed E-state index contributed by atoms with van der Waals surface area (Å²) >= 11 is 12.4. The first-order valence-corrected chi connectivity index (χ1v) is 13.2. The van der Waals surface area contributed by atoms with E-state index in [2.05, 4.69) is 75.7 Å². The quantitative estimate of drug-likeness (QED) is 0.176. The van der Waals surface area contributed by atoms with Crippen molar-refractivity contribution in [2.45, 2.75) is 6.61 Å². The molecule has 172 valence electrons. The Bertz CT molecular complexity index is 1300. The number of carbonyl (C=O) groups is 3. The van der Waals surface area contributed by atoms with Crippen molar-refractivity contribution in [1.82, 2.24) is 5.32 Å². The Balaban J connectivity index is 1.60. The molecule has 0 radical (unpaired) electrons. The molecule has 3 aromatic rings. The number of nitrogens with one attached hydrogen (secondary N) is 1. The van der Waals surface area contributed by atoms with Crippen LogP contribution in [-0.4, -0.2) is 17.8 Å². The predicted octanol–water partition coefficient (Wildman–Crippen LogP) is 6.82. The van der Waals surface area contributed by atoms with Gasteiger partial charge < -0.3 is 4.74 Å². The minimum atomic E-state index is -0.790. The molecule has 0 unspecified atom stereocenters. The van der Waals surface area contributed by atoms with Gasteiger partial charge in [0.25, 0.3) is 11.8 Å². The number of amides is 4. The molecular formula is C24H14Br3IN2O4. The van der Waals surface area contributed by atoms with Gasteiger partial charge in [-0.15, -0.1) is 0 Å². The zero-order chi connectivity index (χ0) is 24.4. The fourth-order valence-corrected chi connectivity index (χ4v) is 5.48. The van der Waals surface area contributed by atoms with Gasteiger partial charge in [-0.2, -0.15) is 0 Å². The van der Waals surface area contributed by atoms with E-state index < -0.39 is 17.8 Å². The number of urea groups is 1. The molecule has 0 bridgehead atoms. The molecule has 10 heteroatoms. The summed E-state index contributed by atoms with van der Waals surface area (Å²) in [5.41, 5.74) is 1.83. The highest BCUT2D eigenvalue weighted by Gasteiger charge is 2.36. The van der Waals surface area contributed by atoms with E-state index in [-0.39, 0.29) is 5.57 Å². The van der Waals surface area contributed by atoms with Crippen molar-refractivity contribution < 1.29 is 19.1 Å². The van der Waals surface area contributed by atoms with Gasteiger partial charge in [-0.3, -0.25) is 14.9 Å². The van der Waals surface area contributed by atoms with Crippen LogP contribution in [0.15, 0.2) is 79.7 Å². The van der Waals surface area contributed by atoms with Crippen molar-refractivity contribution in [3.63, 3.8) is 0 Å². The third-order valence-electron chi connectivity index (χ3n) is 4.81. The fraction of sp³-hybridized carbons (Fsp3) is 0.0417. The van der Waals surface area contributed by atoms with Crippen molar-refractivity contribution in [2.24, 2.45) is 0 Å². The number of ether oxygens (including phenoxy) is 1. The molecule has 1 aliphatic heterocycles. The lowest BCUT2D eigenvalue weighted by Gasteiger charge is -2.26. The second-order valence-corrected chi connectivity index (χ2v) is 11.0. The van der Waals surface area contributed by atoms with Gasteiger partial charge in [0.15, 0.2) is 0 Å². The monoisotopic (exact) mass is 758 g/mol. The number of carbonyl (C=O) groups excluding carboxylic acids is 3. The Labute approximate surface area is 234 Å². The third kappa shape index (κ3) is 5.61. The largest absolute Gasteiger partial charge is 0.487 e. The molecule has 0 aliphatic carbocycles. The second kappa shape index (κ2) is 10.7. The summed E-state index contributed by atoms with van der Waals surface area (Å²) in [6.07, 6.45) is 1.46. The van der Waals surface area contributed by atoms with Crippen molar-refractivity contribution >= 4 is 100.0 Å². The molecule has 1 saturated heterocycles. The summed E-state index contributed by atoms with van der Waals surface area (Å²) < 4.78 is 9.24. The van der Waals surface area contributed by atoms with E-state index in [1.54, 1.807) is 36.4 Å². The van der Waals surface area contributed by atoms with Gasteiger partial charge in [0.2, 0.25) is 0 Å². The van der Waals surface area contributed by atoms with Gasteiger partial charge in [-0.25, -0.2) is 9.69 Å². The van der Waals surface area contributed by atoms with Crippen LogP contribution in [-0.2, 0) is 16.2 Å². The van der Waals surface area contributed by atoms with Gasteiger partial charge in [0.05, 0.1) is 13.7 Å². The lowest BCUT2D eigenvalue weighted by Crippen LogP contribution is -2.54. The number of halogens is 4. The Morgan fingerprint density at radius 1 is 0.912 bits per heavy atom. The molecule has 3 aromatic carbocycles. The van der Waals surface area contributed by atoms with Gasteiger partial charge in [0, 0.05) is 8.95 Å². The van der Waals surface area contributed by atoms with E-state index in [0.29, 0.717) is 28.1 Å². The summed E-state index contributed by atoms with van der Waals surface area (Å²) in [7, 11) is 0. The van der Waals surface area contributed by atoms with E-state index in [9.17, 15) is 14.4 Å². The van der Waals surface area contributed by atoms with Crippen LogP contribution in [0.2, 0.25) is 0 Å². The van der Waals surface area contributed by atoms with Crippen molar-refractivity contribution in [2.75, 3.05) is 4.90 Å². The highest BCUT2D eigenvalue weighted by atomic mass is 127. The Kier molecular flexibility index (Phi) is 7.90. The van der Waals surface area contributed by atoms with Gasteiger partial charge in [-0.1, -0.05) is 44.0 Å². The zero-order valence-electron chi connectivity index (χ0n) is 17.2. The standard InChI is InChI=1S/C24H14Br3IN2O4/c25-15-3-1-13(2-4-15)12-34-21-19(27)10-14(11-20(21)28)9-18-22(31)29-24(33)30(23(18)32)17-7-5-16(26)6-8-17/h1-11H,12H2,(H,29,31,33)/b18-9+. The number of imide groups is 2. The number of benzene rings is 3. The molecule has 34 heavy (non-hydrogen) atoms. The number of hydrogen-bond acceptors (Lipinski definition) is 4. The van der Waals surface area contributed by atoms with Crippen molar-refractivity contribution in [1.29, 1.82) is 0 Å². The van der Waals surface area contributed by atoms with E-state index in [0.717, 1.165) is 23.0 Å². The highest BCUT2D eigenvalue weighted by molar-refractivity contribution is 14.1. The first-order valence-electron chi connectivity index (χ1n) is 9.76. The van der Waals surface area contributed by atoms with Crippen LogP contribution in [0.5, 0.6) is 5.75 Å². The molecule has 1 heterocycles. The highest BCUT2D eigenvalue weighted by Crippen LogP contribution is 2.34. The summed E-state index contributed by atoms with van der Waals surface area (Å²) in [5, 5.41) is 2.23. The molecule has 0 aromatic heterocycles. The first kappa shape index (κ1) is 25.1. The predicted molar refractivity (Wildman–Crippen MR) is 148 cm³/mol. The minimum absolute atomic E-state index is 0.145. The number of hydrogen-bond donors (Lipinski definition) is 1. The summed E-state index contributed by atoms with van der Waals surface area (Å²) in [6.45, 7) is 0.382. The number of nitrogens with zero attached hydrogens (tertiary/aromatic N) is 1. The van der Waals surface area contributed by atoms with Crippen LogP contribution in [0, 0.1) is 3.57 Å². The van der Waals surface area contributed by atoms with E-state index in [4.69, 9.17) is 4.74 Å². The van der Waals surface area contributed by atoms with Crippen molar-refractivity contribution in [3.8, 4) is 5.75 Å². The maximum Gasteiger partial charge on any atom is 0.335 e. The number of barbiturate groups is 1. The lowest BCUT2D eigenvalue weighted by molar-refractivity contribution is -0.122. The summed E-state index contributed by atoms with van der Waals surface area (Å²) in [6, 6.07) is 17.3. The maximum atomic E-state index is 13.1. The average molecular weight is 761 g/mol. The molecule has 0 saturated carbocycles. The second-order valence-electron chi connectivity index (χ2n) is 7.16. The lowest BCUT2D eigenvalue weighted by atomic mass is 10.1. The Morgan fingerprint density at radius 2 is 1.53 bits per heavy atom. The topological polar surface area (TPSA) is 75.7 Å². The number of rotatable bonds is 5. The molecule has 1 fully saturated rings. The summed E-state index contributed by atoms with van der Waals surface area (Å²) in [5.74, 6) is -0.792. The average Bonchev–Trinajstić information content (AvgIpc) is 2.78. The molecule has 1 N–H and O–H groups in total. The van der Waals surface area contributed by atoms with Crippen LogP contribution in [0.4, 0.5) is 10.5 Å².